The summed E-state index contributed by atoms with van der Waals surface area (Å²) in [6.45, 7) is 3.24. The molecule has 3 heteroatoms. The van der Waals surface area contributed by atoms with Gasteiger partial charge in [-0.3, -0.25) is 0 Å². The molecule has 1 saturated carbocycles. The summed E-state index contributed by atoms with van der Waals surface area (Å²) in [6.07, 6.45) is 6.17. The van der Waals surface area contributed by atoms with E-state index in [-0.39, 0.29) is 0 Å². The van der Waals surface area contributed by atoms with Crippen LogP contribution >= 0.6 is 12.2 Å². The summed E-state index contributed by atoms with van der Waals surface area (Å²) in [7, 11) is 0. The van der Waals surface area contributed by atoms with E-state index in [1.165, 1.54) is 31.2 Å². The van der Waals surface area contributed by atoms with Crippen LogP contribution in [0.25, 0.3) is 0 Å². The first-order chi connectivity index (χ1) is 9.24. The molecule has 1 aliphatic rings. The van der Waals surface area contributed by atoms with Crippen molar-refractivity contribution in [1.29, 1.82) is 0 Å². The molecule has 0 heterocycles. The van der Waals surface area contributed by atoms with Gasteiger partial charge < -0.3 is 10.6 Å². The Bertz CT molecular complexity index is 383. The molecule has 19 heavy (non-hydrogen) atoms. The zero-order chi connectivity index (χ0) is 13.5. The third-order valence-corrected chi connectivity index (χ3v) is 4.16. The first-order valence-corrected chi connectivity index (χ1v) is 7.73. The minimum absolute atomic E-state index is 0.577. The van der Waals surface area contributed by atoms with Gasteiger partial charge in [-0.2, -0.15) is 0 Å². The molecule has 0 radical (unpaired) electrons. The zero-order valence-corrected chi connectivity index (χ0v) is 12.5. The molecule has 0 atom stereocenters. The summed E-state index contributed by atoms with van der Waals surface area (Å²) < 4.78 is 0. The molecule has 0 unspecified atom stereocenters. The third-order valence-electron chi connectivity index (χ3n) is 3.89. The van der Waals surface area contributed by atoms with E-state index in [0.717, 1.165) is 24.0 Å². The number of benzene rings is 1. The van der Waals surface area contributed by atoms with Crippen molar-refractivity contribution in [3.05, 3.63) is 35.9 Å². The van der Waals surface area contributed by atoms with Crippen molar-refractivity contribution in [3.63, 3.8) is 0 Å². The number of rotatable bonds is 4. The highest BCUT2D eigenvalue weighted by Gasteiger charge is 2.18. The van der Waals surface area contributed by atoms with Crippen LogP contribution in [0, 0.1) is 5.92 Å². The average molecular weight is 276 g/mol. The summed E-state index contributed by atoms with van der Waals surface area (Å²) in [6, 6.07) is 11.1. The van der Waals surface area contributed by atoms with Gasteiger partial charge in [-0.05, 0) is 55.8 Å². The number of thiocarbonyl (C=S) groups is 1. The molecule has 0 amide bonds. The first kappa shape index (κ1) is 14.3. The van der Waals surface area contributed by atoms with Crippen molar-refractivity contribution in [2.75, 3.05) is 6.54 Å². The van der Waals surface area contributed by atoms with E-state index in [1.807, 2.05) is 6.07 Å². The van der Waals surface area contributed by atoms with Gasteiger partial charge in [-0.25, -0.2) is 0 Å². The van der Waals surface area contributed by atoms with Crippen LogP contribution in [-0.4, -0.2) is 17.7 Å². The number of hydrogen-bond donors (Lipinski definition) is 2. The lowest BCUT2D eigenvalue weighted by Gasteiger charge is -2.28. The summed E-state index contributed by atoms with van der Waals surface area (Å²) in [5.41, 5.74) is 1.35. The van der Waals surface area contributed by atoms with Crippen molar-refractivity contribution in [2.45, 2.75) is 45.1 Å². The highest BCUT2D eigenvalue weighted by Crippen LogP contribution is 2.23. The van der Waals surface area contributed by atoms with Crippen molar-refractivity contribution < 1.29 is 0 Å². The fourth-order valence-corrected chi connectivity index (χ4v) is 2.87. The van der Waals surface area contributed by atoms with Crippen molar-refractivity contribution in [2.24, 2.45) is 5.92 Å². The Kier molecular flexibility index (Phi) is 5.64. The van der Waals surface area contributed by atoms with Gasteiger partial charge in [0.25, 0.3) is 0 Å². The smallest absolute Gasteiger partial charge is 0.166 e. The SMILES string of the molecule is CC1CCC(NC(=S)NCCc2ccccc2)CC1. The molecule has 2 rings (SSSR count). The Morgan fingerprint density at radius 1 is 1.16 bits per heavy atom. The quantitative estimate of drug-likeness (QED) is 0.825. The van der Waals surface area contributed by atoms with Crippen LogP contribution < -0.4 is 10.6 Å². The highest BCUT2D eigenvalue weighted by molar-refractivity contribution is 7.80. The summed E-state index contributed by atoms with van der Waals surface area (Å²) >= 11 is 5.36. The second kappa shape index (κ2) is 7.49. The molecule has 2 nitrogen and oxygen atoms in total. The summed E-state index contributed by atoms with van der Waals surface area (Å²) in [4.78, 5) is 0. The van der Waals surface area contributed by atoms with Crippen LogP contribution in [0.5, 0.6) is 0 Å². The van der Waals surface area contributed by atoms with E-state index < -0.39 is 0 Å². The lowest BCUT2D eigenvalue weighted by atomic mass is 9.87. The lowest BCUT2D eigenvalue weighted by Crippen LogP contribution is -2.43. The highest BCUT2D eigenvalue weighted by atomic mass is 32.1. The topological polar surface area (TPSA) is 24.1 Å². The molecular formula is C16H24N2S. The van der Waals surface area contributed by atoms with Crippen LogP contribution in [0.2, 0.25) is 0 Å². The zero-order valence-electron chi connectivity index (χ0n) is 11.7. The number of hydrogen-bond acceptors (Lipinski definition) is 1. The lowest BCUT2D eigenvalue weighted by molar-refractivity contribution is 0.330. The van der Waals surface area contributed by atoms with Gasteiger partial charge in [0.2, 0.25) is 0 Å². The Morgan fingerprint density at radius 3 is 2.53 bits per heavy atom. The van der Waals surface area contributed by atoms with Crippen molar-refractivity contribution in [1.82, 2.24) is 10.6 Å². The molecule has 1 aromatic carbocycles. The molecule has 0 saturated heterocycles. The minimum atomic E-state index is 0.577. The van der Waals surface area contributed by atoms with Crippen molar-refractivity contribution >= 4 is 17.3 Å². The van der Waals surface area contributed by atoms with E-state index in [1.54, 1.807) is 0 Å². The molecule has 104 valence electrons. The monoisotopic (exact) mass is 276 g/mol. The Hall–Kier alpha value is -1.09. The predicted octanol–water partition coefficient (Wildman–Crippen LogP) is 3.27. The number of nitrogens with one attached hydrogen (secondary N) is 2. The molecule has 0 aliphatic heterocycles. The Morgan fingerprint density at radius 2 is 1.84 bits per heavy atom. The summed E-state index contributed by atoms with van der Waals surface area (Å²) in [5.74, 6) is 0.887. The Labute approximate surface area is 122 Å². The van der Waals surface area contributed by atoms with E-state index in [2.05, 4.69) is 41.8 Å². The molecule has 1 fully saturated rings. The van der Waals surface area contributed by atoms with E-state index in [9.17, 15) is 0 Å². The minimum Gasteiger partial charge on any atom is -0.362 e. The van der Waals surface area contributed by atoms with Gasteiger partial charge in [0.05, 0.1) is 0 Å². The largest absolute Gasteiger partial charge is 0.362 e. The second-order valence-electron chi connectivity index (χ2n) is 5.59. The van der Waals surface area contributed by atoms with E-state index in [4.69, 9.17) is 12.2 Å². The molecule has 2 N–H and O–H groups in total. The van der Waals surface area contributed by atoms with Crippen LogP contribution in [0.1, 0.15) is 38.2 Å². The fraction of sp³-hybridized carbons (Fsp3) is 0.562. The van der Waals surface area contributed by atoms with Gasteiger partial charge in [-0.1, -0.05) is 37.3 Å². The molecule has 1 aliphatic carbocycles. The fourth-order valence-electron chi connectivity index (χ4n) is 2.61. The maximum absolute atomic E-state index is 5.36. The summed E-state index contributed by atoms with van der Waals surface area (Å²) in [5, 5.41) is 7.57. The second-order valence-corrected chi connectivity index (χ2v) is 6.00. The van der Waals surface area contributed by atoms with Gasteiger partial charge in [0, 0.05) is 12.6 Å². The third kappa shape index (κ3) is 5.19. The van der Waals surface area contributed by atoms with E-state index in [0.29, 0.717) is 6.04 Å². The maximum Gasteiger partial charge on any atom is 0.166 e. The first-order valence-electron chi connectivity index (χ1n) is 7.32. The average Bonchev–Trinajstić information content (AvgIpc) is 2.43. The molecule has 1 aromatic rings. The van der Waals surface area contributed by atoms with Crippen LogP contribution in [0.4, 0.5) is 0 Å². The van der Waals surface area contributed by atoms with Crippen LogP contribution in [0.3, 0.4) is 0 Å². The normalized spacial score (nSPS) is 22.8. The van der Waals surface area contributed by atoms with Gasteiger partial charge in [-0.15, -0.1) is 0 Å². The Balaban J connectivity index is 1.62. The predicted molar refractivity (Wildman–Crippen MR) is 85.3 cm³/mol. The standard InChI is InChI=1S/C16H24N2S/c1-13-7-9-15(10-8-13)18-16(19)17-12-11-14-5-3-2-4-6-14/h2-6,13,15H,7-12H2,1H3,(H2,17,18,19). The van der Waals surface area contributed by atoms with Gasteiger partial charge >= 0.3 is 0 Å². The van der Waals surface area contributed by atoms with Crippen LogP contribution in [0.15, 0.2) is 30.3 Å². The molecular weight excluding hydrogens is 252 g/mol. The van der Waals surface area contributed by atoms with Gasteiger partial charge in [0.1, 0.15) is 0 Å². The maximum atomic E-state index is 5.36. The van der Waals surface area contributed by atoms with E-state index >= 15 is 0 Å². The van der Waals surface area contributed by atoms with Crippen LogP contribution in [-0.2, 0) is 6.42 Å². The molecule has 0 bridgehead atoms. The molecule has 0 spiro atoms. The molecule has 0 aromatic heterocycles. The van der Waals surface area contributed by atoms with Gasteiger partial charge in [0.15, 0.2) is 5.11 Å². The van der Waals surface area contributed by atoms with Crippen molar-refractivity contribution in [3.8, 4) is 0 Å².